The van der Waals surface area contributed by atoms with E-state index >= 15 is 0 Å². The molecule has 2 aromatic carbocycles. The first-order valence-corrected chi connectivity index (χ1v) is 12.5. The number of likely N-dealkylation sites (tertiary alicyclic amines) is 1. The third kappa shape index (κ3) is 5.19. The van der Waals surface area contributed by atoms with E-state index in [9.17, 15) is 22.8 Å². The zero-order valence-corrected chi connectivity index (χ0v) is 20.0. The van der Waals surface area contributed by atoms with Crippen LogP contribution >= 0.6 is 11.8 Å². The second-order valence-corrected chi connectivity index (χ2v) is 10.3. The molecule has 0 bridgehead atoms. The first-order valence-electron chi connectivity index (χ1n) is 11.5. The van der Waals surface area contributed by atoms with Crippen molar-refractivity contribution in [3.63, 3.8) is 0 Å². The summed E-state index contributed by atoms with van der Waals surface area (Å²) < 4.78 is 50.3. The number of rotatable bonds is 4. The predicted molar refractivity (Wildman–Crippen MR) is 128 cm³/mol. The van der Waals surface area contributed by atoms with Crippen LogP contribution < -0.4 is 25.4 Å². The molecule has 0 aliphatic carbocycles. The summed E-state index contributed by atoms with van der Waals surface area (Å²) in [5, 5.41) is 8.77. The summed E-state index contributed by atoms with van der Waals surface area (Å²) in [5.41, 5.74) is -0.239. The van der Waals surface area contributed by atoms with Crippen molar-refractivity contribution in [2.45, 2.75) is 36.5 Å². The van der Waals surface area contributed by atoms with Crippen molar-refractivity contribution in [1.82, 2.24) is 15.5 Å². The number of benzene rings is 2. The standard InChI is InChI=1S/C24H25F3N4O4S/c25-24(26,27)16-3-1-2-4-17(16)29-22(33)31-9-7-23(8-10-31)30-18(13-36-23)21(32)28-12-15-5-6-19-20(11-15)35-14-34-19/h1-6,11,18,30H,7-10,12-14H2,(H,28,32)(H,29,33). The van der Waals surface area contributed by atoms with E-state index in [1.165, 1.54) is 23.1 Å². The number of para-hydroxylation sites is 1. The van der Waals surface area contributed by atoms with Gasteiger partial charge in [-0.1, -0.05) is 18.2 Å². The van der Waals surface area contributed by atoms with Gasteiger partial charge in [-0.15, -0.1) is 11.8 Å². The molecule has 3 amide bonds. The molecule has 1 atom stereocenters. The average Bonchev–Trinajstić information content (AvgIpc) is 3.50. The van der Waals surface area contributed by atoms with E-state index in [1.54, 1.807) is 11.8 Å². The smallest absolute Gasteiger partial charge is 0.418 e. The summed E-state index contributed by atoms with van der Waals surface area (Å²) in [6.45, 7) is 1.28. The number of carbonyl (C=O) groups is 2. The van der Waals surface area contributed by atoms with E-state index in [0.29, 0.717) is 49.7 Å². The van der Waals surface area contributed by atoms with Crippen molar-refractivity contribution >= 4 is 29.4 Å². The largest absolute Gasteiger partial charge is 0.454 e. The SMILES string of the molecule is O=C(NCc1ccc2c(c1)OCO2)C1CSC2(CCN(C(=O)Nc3ccccc3C(F)(F)F)CC2)N1. The van der Waals surface area contributed by atoms with Gasteiger partial charge in [0.05, 0.1) is 22.2 Å². The Kier molecular flexibility index (Phi) is 6.64. The maximum absolute atomic E-state index is 13.2. The highest BCUT2D eigenvalue weighted by atomic mass is 32.2. The number of urea groups is 1. The number of nitrogens with one attached hydrogen (secondary N) is 3. The summed E-state index contributed by atoms with van der Waals surface area (Å²) in [7, 11) is 0. The lowest BCUT2D eigenvalue weighted by atomic mass is 10.0. The molecule has 0 saturated carbocycles. The second kappa shape index (κ2) is 9.74. The maximum Gasteiger partial charge on any atom is 0.418 e. The van der Waals surface area contributed by atoms with Crippen LogP contribution in [0, 0.1) is 0 Å². The lowest BCUT2D eigenvalue weighted by molar-refractivity contribution is -0.137. The molecule has 1 spiro atoms. The van der Waals surface area contributed by atoms with E-state index in [1.807, 2.05) is 18.2 Å². The van der Waals surface area contributed by atoms with Crippen LogP contribution in [0.4, 0.5) is 23.7 Å². The van der Waals surface area contributed by atoms with Crippen LogP contribution in [0.15, 0.2) is 42.5 Å². The van der Waals surface area contributed by atoms with Crippen molar-refractivity contribution in [2.75, 3.05) is 31.0 Å². The highest BCUT2D eigenvalue weighted by Gasteiger charge is 2.44. The van der Waals surface area contributed by atoms with Crippen molar-refractivity contribution in [3.05, 3.63) is 53.6 Å². The van der Waals surface area contributed by atoms with Gasteiger partial charge >= 0.3 is 12.2 Å². The van der Waals surface area contributed by atoms with Crippen LogP contribution in [0.2, 0.25) is 0 Å². The third-order valence-corrected chi connectivity index (χ3v) is 8.09. The Morgan fingerprint density at radius 3 is 2.64 bits per heavy atom. The minimum atomic E-state index is -4.56. The number of ether oxygens (including phenoxy) is 2. The highest BCUT2D eigenvalue weighted by Crippen LogP contribution is 2.40. The number of thioether (sulfide) groups is 1. The first-order chi connectivity index (χ1) is 17.2. The molecule has 192 valence electrons. The Hall–Kier alpha value is -3.12. The zero-order chi connectivity index (χ0) is 25.3. The summed E-state index contributed by atoms with van der Waals surface area (Å²) in [4.78, 5) is 26.6. The number of nitrogens with zero attached hydrogens (tertiary/aromatic N) is 1. The molecule has 2 fully saturated rings. The highest BCUT2D eigenvalue weighted by molar-refractivity contribution is 8.01. The first kappa shape index (κ1) is 24.6. The van der Waals surface area contributed by atoms with E-state index < -0.39 is 17.8 Å². The lowest BCUT2D eigenvalue weighted by Gasteiger charge is -2.39. The summed E-state index contributed by atoms with van der Waals surface area (Å²) in [6, 6.07) is 9.51. The van der Waals surface area contributed by atoms with E-state index in [0.717, 1.165) is 11.6 Å². The molecule has 3 N–H and O–H groups in total. The van der Waals surface area contributed by atoms with Crippen LogP contribution in [0.5, 0.6) is 11.5 Å². The second-order valence-electron chi connectivity index (χ2n) is 8.87. The van der Waals surface area contributed by atoms with E-state index in [2.05, 4.69) is 16.0 Å². The molecule has 3 aliphatic rings. The summed E-state index contributed by atoms with van der Waals surface area (Å²) in [6.07, 6.45) is -3.39. The monoisotopic (exact) mass is 522 g/mol. The number of halogens is 3. The molecule has 12 heteroatoms. The topological polar surface area (TPSA) is 91.9 Å². The Bertz CT molecular complexity index is 1150. The number of hydrogen-bond acceptors (Lipinski definition) is 6. The fourth-order valence-electron chi connectivity index (χ4n) is 4.54. The van der Waals surface area contributed by atoms with Crippen LogP contribution in [-0.4, -0.2) is 53.4 Å². The molecule has 3 heterocycles. The molecule has 2 aromatic rings. The van der Waals surface area contributed by atoms with E-state index in [-0.39, 0.29) is 29.3 Å². The summed E-state index contributed by atoms with van der Waals surface area (Å²) in [5.74, 6) is 1.83. The minimum Gasteiger partial charge on any atom is -0.454 e. The Morgan fingerprint density at radius 1 is 1.11 bits per heavy atom. The van der Waals surface area contributed by atoms with Gasteiger partial charge in [0.25, 0.3) is 0 Å². The van der Waals surface area contributed by atoms with E-state index in [4.69, 9.17) is 9.47 Å². The number of anilines is 1. The maximum atomic E-state index is 13.2. The average molecular weight is 523 g/mol. The number of piperidine rings is 1. The molecule has 36 heavy (non-hydrogen) atoms. The predicted octanol–water partition coefficient (Wildman–Crippen LogP) is 3.78. The number of fused-ring (bicyclic) bond motifs is 1. The quantitative estimate of drug-likeness (QED) is 0.566. The fraction of sp³-hybridized carbons (Fsp3) is 0.417. The molecule has 1 unspecified atom stereocenters. The van der Waals surface area contributed by atoms with Gasteiger partial charge in [-0.05, 0) is 42.7 Å². The number of carbonyl (C=O) groups excluding carboxylic acids is 2. The van der Waals surface area contributed by atoms with Crippen molar-refractivity contribution in [2.24, 2.45) is 0 Å². The molecule has 0 aromatic heterocycles. The zero-order valence-electron chi connectivity index (χ0n) is 19.2. The normalized spacial score (nSPS) is 20.4. The van der Waals surface area contributed by atoms with Gasteiger partial charge in [-0.25, -0.2) is 4.79 Å². The Labute approximate surface area is 209 Å². The number of amides is 3. The van der Waals surface area contributed by atoms with Crippen molar-refractivity contribution < 1.29 is 32.2 Å². The van der Waals surface area contributed by atoms with Gasteiger partial charge < -0.3 is 25.0 Å². The van der Waals surface area contributed by atoms with Gasteiger partial charge in [0, 0.05) is 25.4 Å². The van der Waals surface area contributed by atoms with Crippen LogP contribution in [-0.2, 0) is 17.5 Å². The van der Waals surface area contributed by atoms with Crippen molar-refractivity contribution in [1.29, 1.82) is 0 Å². The fourth-order valence-corrected chi connectivity index (χ4v) is 5.96. The lowest BCUT2D eigenvalue weighted by Crippen LogP contribution is -2.54. The van der Waals surface area contributed by atoms with Crippen LogP contribution in [0.1, 0.15) is 24.0 Å². The Balaban J connectivity index is 1.11. The molecule has 2 saturated heterocycles. The molecule has 5 rings (SSSR count). The molecule has 8 nitrogen and oxygen atoms in total. The molecule has 3 aliphatic heterocycles. The van der Waals surface area contributed by atoms with Gasteiger partial charge in [-0.3, -0.25) is 10.1 Å². The molecule has 0 radical (unpaired) electrons. The van der Waals surface area contributed by atoms with Gasteiger partial charge in [-0.2, -0.15) is 13.2 Å². The number of hydrogen-bond donors (Lipinski definition) is 3. The third-order valence-electron chi connectivity index (χ3n) is 6.52. The van der Waals surface area contributed by atoms with Crippen LogP contribution in [0.25, 0.3) is 0 Å². The van der Waals surface area contributed by atoms with Gasteiger partial charge in [0.2, 0.25) is 12.7 Å². The number of alkyl halides is 3. The molecular formula is C24H25F3N4O4S. The Morgan fingerprint density at radius 2 is 1.86 bits per heavy atom. The minimum absolute atomic E-state index is 0.110. The summed E-state index contributed by atoms with van der Waals surface area (Å²) >= 11 is 1.65. The van der Waals surface area contributed by atoms with Crippen LogP contribution in [0.3, 0.4) is 0 Å². The van der Waals surface area contributed by atoms with Gasteiger partial charge in [0.15, 0.2) is 11.5 Å². The van der Waals surface area contributed by atoms with Gasteiger partial charge in [0.1, 0.15) is 0 Å². The van der Waals surface area contributed by atoms with Crippen molar-refractivity contribution in [3.8, 4) is 11.5 Å². The molecular weight excluding hydrogens is 497 g/mol.